The number of aromatic nitrogens is 2. The minimum atomic E-state index is 0.0442. The summed E-state index contributed by atoms with van der Waals surface area (Å²) in [5.74, 6) is 0.495. The van der Waals surface area contributed by atoms with E-state index in [1.807, 2.05) is 12.1 Å². The minimum Gasteiger partial charge on any atom is -0.347 e. The predicted molar refractivity (Wildman–Crippen MR) is 69.5 cm³/mol. The zero-order valence-electron chi connectivity index (χ0n) is 9.11. The predicted octanol–water partition coefficient (Wildman–Crippen LogP) is 2.86. The summed E-state index contributed by atoms with van der Waals surface area (Å²) in [6.45, 7) is 1.75. The second kappa shape index (κ2) is 5.25. The van der Waals surface area contributed by atoms with Crippen molar-refractivity contribution in [3.8, 4) is 10.4 Å². The average Bonchev–Trinajstić information content (AvgIpc) is 2.74. The molecule has 0 aliphatic carbocycles. The molecule has 2 heterocycles. The Hall–Kier alpha value is -1.46. The zero-order valence-corrected chi connectivity index (χ0v) is 10.7. The number of nitrogens with zero attached hydrogens (tertiary/aromatic N) is 2. The number of rotatable bonds is 4. The quantitative estimate of drug-likeness (QED) is 0.925. The molecule has 0 aromatic carbocycles. The van der Waals surface area contributed by atoms with Crippen LogP contribution in [-0.4, -0.2) is 22.3 Å². The highest BCUT2D eigenvalue weighted by atomic mass is 35.5. The maximum absolute atomic E-state index is 10.8. The summed E-state index contributed by atoms with van der Waals surface area (Å²) in [7, 11) is 0. The summed E-state index contributed by atoms with van der Waals surface area (Å²) in [4.78, 5) is 20.0. The molecule has 2 aromatic rings. The molecule has 1 N–H and O–H groups in total. The Bertz CT molecular complexity index is 524. The number of nitrogens with one attached hydrogen (secondary N) is 1. The van der Waals surface area contributed by atoms with Crippen molar-refractivity contribution in [1.29, 1.82) is 0 Å². The van der Waals surface area contributed by atoms with Gasteiger partial charge in [0.15, 0.2) is 0 Å². The fourth-order valence-electron chi connectivity index (χ4n) is 1.22. The molecular formula is C11H10ClN3OS. The lowest BCUT2D eigenvalue weighted by Crippen LogP contribution is -2.11. The molecule has 2 rings (SSSR count). The van der Waals surface area contributed by atoms with Gasteiger partial charge in [-0.15, -0.1) is 11.3 Å². The van der Waals surface area contributed by atoms with E-state index in [0.29, 0.717) is 5.95 Å². The van der Waals surface area contributed by atoms with E-state index in [0.717, 1.165) is 14.8 Å². The molecule has 0 spiro atoms. The van der Waals surface area contributed by atoms with Gasteiger partial charge in [0.25, 0.3) is 0 Å². The standard InChI is InChI=1S/C11H10ClN3OS/c1-7(16)4-13-11-14-5-8(6-15-11)9-2-3-10(12)17-9/h2-3,5-6H,4H2,1H3,(H,13,14,15). The van der Waals surface area contributed by atoms with Crippen molar-refractivity contribution in [1.82, 2.24) is 9.97 Å². The molecule has 0 bridgehead atoms. The fourth-order valence-corrected chi connectivity index (χ4v) is 2.24. The van der Waals surface area contributed by atoms with Crippen molar-refractivity contribution in [3.05, 3.63) is 28.9 Å². The molecule has 0 fully saturated rings. The van der Waals surface area contributed by atoms with Gasteiger partial charge in [-0.25, -0.2) is 9.97 Å². The van der Waals surface area contributed by atoms with Crippen molar-refractivity contribution in [2.45, 2.75) is 6.92 Å². The van der Waals surface area contributed by atoms with E-state index in [2.05, 4.69) is 15.3 Å². The molecule has 0 radical (unpaired) electrons. The normalized spacial score (nSPS) is 10.2. The van der Waals surface area contributed by atoms with Gasteiger partial charge in [0.05, 0.1) is 10.9 Å². The van der Waals surface area contributed by atoms with E-state index in [9.17, 15) is 4.79 Å². The SMILES string of the molecule is CC(=O)CNc1ncc(-c2ccc(Cl)s2)cn1. The van der Waals surface area contributed by atoms with Crippen LogP contribution in [0.15, 0.2) is 24.5 Å². The Morgan fingerprint density at radius 2 is 2.12 bits per heavy atom. The van der Waals surface area contributed by atoms with Gasteiger partial charge in [0, 0.05) is 22.8 Å². The number of carbonyl (C=O) groups excluding carboxylic acids is 1. The van der Waals surface area contributed by atoms with Gasteiger partial charge in [-0.2, -0.15) is 0 Å². The number of Topliss-reactive ketones (excluding diaryl/α,β-unsaturated/α-hetero) is 1. The third-order valence-corrected chi connectivity index (χ3v) is 3.29. The van der Waals surface area contributed by atoms with Gasteiger partial charge in [-0.1, -0.05) is 11.6 Å². The lowest BCUT2D eigenvalue weighted by molar-refractivity contribution is -0.115. The molecule has 0 atom stereocenters. The topological polar surface area (TPSA) is 54.9 Å². The number of hydrogen-bond acceptors (Lipinski definition) is 5. The third-order valence-electron chi connectivity index (χ3n) is 2.01. The van der Waals surface area contributed by atoms with Gasteiger partial charge in [-0.3, -0.25) is 4.79 Å². The smallest absolute Gasteiger partial charge is 0.222 e. The number of thiophene rings is 1. The first-order valence-corrected chi connectivity index (χ1v) is 6.15. The molecule has 0 aliphatic heterocycles. The molecule has 4 nitrogen and oxygen atoms in total. The van der Waals surface area contributed by atoms with Crippen LogP contribution in [0.1, 0.15) is 6.92 Å². The summed E-state index contributed by atoms with van der Waals surface area (Å²) in [6.07, 6.45) is 3.41. The van der Waals surface area contributed by atoms with E-state index in [1.54, 1.807) is 12.4 Å². The van der Waals surface area contributed by atoms with Gasteiger partial charge in [0.2, 0.25) is 5.95 Å². The van der Waals surface area contributed by atoms with Crippen LogP contribution >= 0.6 is 22.9 Å². The Morgan fingerprint density at radius 1 is 1.41 bits per heavy atom. The van der Waals surface area contributed by atoms with Crippen LogP contribution in [-0.2, 0) is 4.79 Å². The Kier molecular flexibility index (Phi) is 3.71. The van der Waals surface area contributed by atoms with Crippen LogP contribution < -0.4 is 5.32 Å². The van der Waals surface area contributed by atoms with Crippen molar-refractivity contribution in [3.63, 3.8) is 0 Å². The van der Waals surface area contributed by atoms with E-state index in [1.165, 1.54) is 18.3 Å². The summed E-state index contributed by atoms with van der Waals surface area (Å²) in [6, 6.07) is 3.76. The van der Waals surface area contributed by atoms with E-state index < -0.39 is 0 Å². The molecule has 0 saturated heterocycles. The first kappa shape index (κ1) is 12.0. The molecule has 17 heavy (non-hydrogen) atoms. The van der Waals surface area contributed by atoms with Gasteiger partial charge < -0.3 is 5.32 Å². The molecule has 88 valence electrons. The largest absolute Gasteiger partial charge is 0.347 e. The second-order valence-corrected chi connectivity index (χ2v) is 5.17. The van der Waals surface area contributed by atoms with E-state index in [4.69, 9.17) is 11.6 Å². The van der Waals surface area contributed by atoms with Crippen LogP contribution in [0, 0.1) is 0 Å². The summed E-state index contributed by atoms with van der Waals surface area (Å²) in [5.41, 5.74) is 0.912. The third kappa shape index (κ3) is 3.25. The van der Waals surface area contributed by atoms with Gasteiger partial charge in [-0.05, 0) is 19.1 Å². The molecule has 0 amide bonds. The summed E-state index contributed by atoms with van der Waals surface area (Å²) >= 11 is 7.33. The minimum absolute atomic E-state index is 0.0442. The first-order valence-electron chi connectivity index (χ1n) is 4.96. The number of anilines is 1. The number of carbonyl (C=O) groups is 1. The number of ketones is 1. The van der Waals surface area contributed by atoms with Crippen molar-refractivity contribution < 1.29 is 4.79 Å². The highest BCUT2D eigenvalue weighted by Crippen LogP contribution is 2.30. The second-order valence-electron chi connectivity index (χ2n) is 3.45. The van der Waals surface area contributed by atoms with Crippen LogP contribution in [0.3, 0.4) is 0 Å². The molecular weight excluding hydrogens is 258 g/mol. The summed E-state index contributed by atoms with van der Waals surface area (Å²) in [5, 5.41) is 2.83. The highest BCUT2D eigenvalue weighted by Gasteiger charge is 2.03. The highest BCUT2D eigenvalue weighted by molar-refractivity contribution is 7.19. The van der Waals surface area contributed by atoms with Crippen LogP contribution in [0.5, 0.6) is 0 Å². The molecule has 0 unspecified atom stereocenters. The van der Waals surface area contributed by atoms with E-state index in [-0.39, 0.29) is 12.3 Å². The number of halogens is 1. The van der Waals surface area contributed by atoms with Gasteiger partial charge in [0.1, 0.15) is 5.78 Å². The zero-order chi connectivity index (χ0) is 12.3. The fraction of sp³-hybridized carbons (Fsp3) is 0.182. The van der Waals surface area contributed by atoms with Gasteiger partial charge >= 0.3 is 0 Å². The maximum Gasteiger partial charge on any atom is 0.222 e. The average molecular weight is 268 g/mol. The molecule has 6 heteroatoms. The van der Waals surface area contributed by atoms with Crippen molar-refractivity contribution in [2.24, 2.45) is 0 Å². The molecule has 2 aromatic heterocycles. The van der Waals surface area contributed by atoms with Crippen molar-refractivity contribution >= 4 is 34.7 Å². The van der Waals surface area contributed by atoms with Crippen LogP contribution in [0.2, 0.25) is 4.34 Å². The van der Waals surface area contributed by atoms with Crippen LogP contribution in [0.4, 0.5) is 5.95 Å². The lowest BCUT2D eigenvalue weighted by Gasteiger charge is -2.02. The maximum atomic E-state index is 10.8. The Labute approximate surface area is 108 Å². The Morgan fingerprint density at radius 3 is 2.65 bits per heavy atom. The van der Waals surface area contributed by atoms with Crippen molar-refractivity contribution in [2.75, 3.05) is 11.9 Å². The first-order chi connectivity index (χ1) is 8.15. The molecule has 0 aliphatic rings. The van der Waals surface area contributed by atoms with E-state index >= 15 is 0 Å². The monoisotopic (exact) mass is 267 g/mol. The number of hydrogen-bond donors (Lipinski definition) is 1. The summed E-state index contributed by atoms with van der Waals surface area (Å²) < 4.78 is 0.735. The Balaban J connectivity index is 2.10. The molecule has 0 saturated carbocycles. The van der Waals surface area contributed by atoms with Crippen LogP contribution in [0.25, 0.3) is 10.4 Å². The lowest BCUT2D eigenvalue weighted by atomic mass is 10.3.